The van der Waals surface area contributed by atoms with Crippen molar-refractivity contribution >= 4 is 14.3 Å². The Labute approximate surface area is 88.6 Å². The van der Waals surface area contributed by atoms with Crippen molar-refractivity contribution in [2.75, 3.05) is 0 Å². The van der Waals surface area contributed by atoms with E-state index in [2.05, 4.69) is 0 Å². The third-order valence-electron chi connectivity index (χ3n) is 1.59. The molecular formula is C10H13FO3Si. The van der Waals surface area contributed by atoms with Gasteiger partial charge in [0.15, 0.2) is 0 Å². The lowest BCUT2D eigenvalue weighted by Gasteiger charge is -2.19. The van der Waals surface area contributed by atoms with Crippen LogP contribution in [0.2, 0.25) is 19.6 Å². The number of carboxylic acids is 1. The first-order valence-electron chi connectivity index (χ1n) is 4.51. The fourth-order valence-corrected chi connectivity index (χ4v) is 1.92. The average molecular weight is 228 g/mol. The molecule has 0 spiro atoms. The van der Waals surface area contributed by atoms with Gasteiger partial charge in [-0.05, 0) is 37.8 Å². The molecule has 3 nitrogen and oxygen atoms in total. The Balaban J connectivity index is 3.03. The molecule has 1 aromatic carbocycles. The number of hydrogen-bond donors (Lipinski definition) is 1. The van der Waals surface area contributed by atoms with E-state index in [4.69, 9.17) is 9.53 Å². The third kappa shape index (κ3) is 3.36. The lowest BCUT2D eigenvalue weighted by atomic mass is 10.2. The molecule has 1 rings (SSSR count). The molecule has 0 aliphatic carbocycles. The molecule has 0 saturated carbocycles. The van der Waals surface area contributed by atoms with E-state index in [1.807, 2.05) is 19.6 Å². The van der Waals surface area contributed by atoms with Gasteiger partial charge in [-0.2, -0.15) is 0 Å². The van der Waals surface area contributed by atoms with Gasteiger partial charge >= 0.3 is 5.97 Å². The standard InChI is InChI=1S/C10H13FO3Si/c1-15(2,3)14-7-4-5-9(11)8(6-7)10(12)13/h4-6H,1-3H3,(H,12,13). The number of hydrogen-bond acceptors (Lipinski definition) is 2. The van der Waals surface area contributed by atoms with Gasteiger partial charge in [0.1, 0.15) is 11.6 Å². The number of carbonyl (C=O) groups is 1. The van der Waals surface area contributed by atoms with E-state index >= 15 is 0 Å². The van der Waals surface area contributed by atoms with Crippen LogP contribution in [0.25, 0.3) is 0 Å². The summed E-state index contributed by atoms with van der Waals surface area (Å²) in [6.45, 7) is 5.91. The van der Waals surface area contributed by atoms with Crippen LogP contribution in [0, 0.1) is 5.82 Å². The number of rotatable bonds is 3. The van der Waals surface area contributed by atoms with Crippen LogP contribution in [0.4, 0.5) is 4.39 Å². The van der Waals surface area contributed by atoms with Gasteiger partial charge in [0.05, 0.1) is 5.56 Å². The minimum absolute atomic E-state index is 0.356. The summed E-state index contributed by atoms with van der Waals surface area (Å²) in [6.07, 6.45) is 0. The van der Waals surface area contributed by atoms with Crippen LogP contribution in [-0.4, -0.2) is 19.4 Å². The molecule has 15 heavy (non-hydrogen) atoms. The van der Waals surface area contributed by atoms with Crippen LogP contribution in [0.5, 0.6) is 5.75 Å². The number of aromatic carboxylic acids is 1. The first kappa shape index (κ1) is 11.7. The van der Waals surface area contributed by atoms with Crippen molar-refractivity contribution in [3.63, 3.8) is 0 Å². The number of carboxylic acid groups (broad SMARTS) is 1. The molecule has 0 unspecified atom stereocenters. The van der Waals surface area contributed by atoms with Gasteiger partial charge in [0.25, 0.3) is 0 Å². The first-order valence-corrected chi connectivity index (χ1v) is 7.92. The summed E-state index contributed by atoms with van der Waals surface area (Å²) in [4.78, 5) is 10.7. The van der Waals surface area contributed by atoms with Crippen molar-refractivity contribution in [2.24, 2.45) is 0 Å². The Bertz CT molecular complexity index is 385. The minimum atomic E-state index is -1.79. The van der Waals surface area contributed by atoms with Crippen molar-refractivity contribution in [3.8, 4) is 5.75 Å². The Morgan fingerprint density at radius 1 is 1.40 bits per heavy atom. The van der Waals surface area contributed by atoms with Crippen LogP contribution in [0.3, 0.4) is 0 Å². The molecule has 82 valence electrons. The topological polar surface area (TPSA) is 46.5 Å². The van der Waals surface area contributed by atoms with Crippen molar-refractivity contribution in [1.29, 1.82) is 0 Å². The molecule has 0 aliphatic heterocycles. The summed E-state index contributed by atoms with van der Waals surface area (Å²) >= 11 is 0. The second kappa shape index (κ2) is 4.02. The van der Waals surface area contributed by atoms with Gasteiger partial charge in [-0.25, -0.2) is 9.18 Å². The molecular weight excluding hydrogens is 215 g/mol. The highest BCUT2D eigenvalue weighted by Gasteiger charge is 2.18. The first-order chi connectivity index (χ1) is 6.79. The zero-order valence-corrected chi connectivity index (χ0v) is 9.87. The summed E-state index contributed by atoms with van der Waals surface area (Å²) in [5.41, 5.74) is -0.356. The van der Waals surface area contributed by atoms with Gasteiger partial charge in [0.2, 0.25) is 8.32 Å². The van der Waals surface area contributed by atoms with E-state index in [1.165, 1.54) is 12.1 Å². The summed E-state index contributed by atoms with van der Waals surface area (Å²) in [5, 5.41) is 8.70. The maximum Gasteiger partial charge on any atom is 0.338 e. The van der Waals surface area contributed by atoms with Gasteiger partial charge in [-0.3, -0.25) is 0 Å². The molecule has 0 aromatic heterocycles. The highest BCUT2D eigenvalue weighted by Crippen LogP contribution is 2.20. The molecule has 5 heteroatoms. The fourth-order valence-electron chi connectivity index (χ4n) is 1.09. The Morgan fingerprint density at radius 3 is 2.47 bits per heavy atom. The number of benzene rings is 1. The fraction of sp³-hybridized carbons (Fsp3) is 0.300. The number of halogens is 1. The summed E-state index contributed by atoms with van der Waals surface area (Å²) in [6, 6.07) is 3.77. The zero-order chi connectivity index (χ0) is 11.6. The monoisotopic (exact) mass is 228 g/mol. The van der Waals surface area contributed by atoms with Crippen LogP contribution in [0.1, 0.15) is 10.4 Å². The van der Waals surface area contributed by atoms with Crippen molar-refractivity contribution < 1.29 is 18.7 Å². The quantitative estimate of drug-likeness (QED) is 0.809. The predicted molar refractivity (Wildman–Crippen MR) is 57.3 cm³/mol. The average Bonchev–Trinajstić information content (AvgIpc) is 2.05. The smallest absolute Gasteiger partial charge is 0.338 e. The molecule has 0 radical (unpaired) electrons. The van der Waals surface area contributed by atoms with Crippen molar-refractivity contribution in [2.45, 2.75) is 19.6 Å². The second-order valence-electron chi connectivity index (χ2n) is 4.16. The van der Waals surface area contributed by atoms with Crippen LogP contribution in [-0.2, 0) is 0 Å². The zero-order valence-electron chi connectivity index (χ0n) is 8.87. The van der Waals surface area contributed by atoms with Crippen LogP contribution in [0.15, 0.2) is 18.2 Å². The van der Waals surface area contributed by atoms with Gasteiger partial charge < -0.3 is 9.53 Å². The SMILES string of the molecule is C[Si](C)(C)Oc1ccc(F)c(C(=O)O)c1. The van der Waals surface area contributed by atoms with E-state index in [9.17, 15) is 9.18 Å². The van der Waals surface area contributed by atoms with E-state index in [-0.39, 0.29) is 5.56 Å². The molecule has 0 amide bonds. The molecule has 0 atom stereocenters. The van der Waals surface area contributed by atoms with Gasteiger partial charge in [0, 0.05) is 0 Å². The van der Waals surface area contributed by atoms with E-state index in [1.54, 1.807) is 0 Å². The third-order valence-corrected chi connectivity index (χ3v) is 2.44. The minimum Gasteiger partial charge on any atom is -0.544 e. The Kier molecular flexibility index (Phi) is 3.14. The summed E-state index contributed by atoms with van der Waals surface area (Å²) in [7, 11) is -1.79. The molecule has 0 heterocycles. The van der Waals surface area contributed by atoms with E-state index < -0.39 is 20.1 Å². The molecule has 1 N–H and O–H groups in total. The maximum atomic E-state index is 13.0. The molecule has 0 saturated heterocycles. The largest absolute Gasteiger partial charge is 0.544 e. The van der Waals surface area contributed by atoms with Gasteiger partial charge in [-0.15, -0.1) is 0 Å². The van der Waals surface area contributed by atoms with Gasteiger partial charge in [-0.1, -0.05) is 0 Å². The van der Waals surface area contributed by atoms with Crippen LogP contribution >= 0.6 is 0 Å². The second-order valence-corrected chi connectivity index (χ2v) is 8.59. The van der Waals surface area contributed by atoms with E-state index in [0.29, 0.717) is 5.75 Å². The maximum absolute atomic E-state index is 13.0. The normalized spacial score (nSPS) is 11.2. The molecule has 0 bridgehead atoms. The van der Waals surface area contributed by atoms with Crippen molar-refractivity contribution in [3.05, 3.63) is 29.6 Å². The van der Waals surface area contributed by atoms with Crippen molar-refractivity contribution in [1.82, 2.24) is 0 Å². The molecule has 0 fully saturated rings. The molecule has 1 aromatic rings. The lowest BCUT2D eigenvalue weighted by Crippen LogP contribution is -2.29. The Hall–Kier alpha value is -1.36. The van der Waals surface area contributed by atoms with E-state index in [0.717, 1.165) is 6.07 Å². The molecule has 0 aliphatic rings. The summed E-state index contributed by atoms with van der Waals surface area (Å²) < 4.78 is 18.6. The predicted octanol–water partition coefficient (Wildman–Crippen LogP) is 2.74. The van der Waals surface area contributed by atoms with Crippen LogP contribution < -0.4 is 4.43 Å². The highest BCUT2D eigenvalue weighted by atomic mass is 28.4. The lowest BCUT2D eigenvalue weighted by molar-refractivity contribution is 0.0691. The summed E-state index contributed by atoms with van der Waals surface area (Å²) in [5.74, 6) is -1.62. The highest BCUT2D eigenvalue weighted by molar-refractivity contribution is 6.70. The Morgan fingerprint density at radius 2 is 2.00 bits per heavy atom.